The van der Waals surface area contributed by atoms with Crippen LogP contribution >= 0.6 is 11.8 Å². The van der Waals surface area contributed by atoms with Crippen LogP contribution in [0.1, 0.15) is 36.2 Å². The van der Waals surface area contributed by atoms with E-state index in [2.05, 4.69) is 70.0 Å². The van der Waals surface area contributed by atoms with E-state index >= 15 is 0 Å². The van der Waals surface area contributed by atoms with Gasteiger partial charge in [0, 0.05) is 37.4 Å². The fourth-order valence-electron chi connectivity index (χ4n) is 4.78. The normalized spacial score (nSPS) is 23.7. The fourth-order valence-corrected chi connectivity index (χ4v) is 5.29. The Bertz CT molecular complexity index is 771. The van der Waals surface area contributed by atoms with Gasteiger partial charge in [0.15, 0.2) is 0 Å². The van der Waals surface area contributed by atoms with Crippen molar-refractivity contribution in [1.29, 1.82) is 0 Å². The summed E-state index contributed by atoms with van der Waals surface area (Å²) in [6.07, 6.45) is 6.27. The average molecular weight is 385 g/mol. The lowest BCUT2D eigenvalue weighted by molar-refractivity contribution is 0.0442. The van der Waals surface area contributed by atoms with E-state index < -0.39 is 0 Å². The van der Waals surface area contributed by atoms with Crippen molar-refractivity contribution in [3.8, 4) is 5.69 Å². The molecule has 0 saturated carbocycles. The molecule has 2 saturated heterocycles. The summed E-state index contributed by atoms with van der Waals surface area (Å²) in [5.41, 5.74) is 4.85. The first kappa shape index (κ1) is 19.0. The summed E-state index contributed by atoms with van der Waals surface area (Å²) in [7, 11) is 0. The lowest BCUT2D eigenvalue weighted by Gasteiger charge is -2.44. The van der Waals surface area contributed by atoms with Crippen molar-refractivity contribution in [3.05, 3.63) is 47.3 Å². The number of aromatic nitrogens is 2. The van der Waals surface area contributed by atoms with Crippen LogP contribution in [-0.4, -0.2) is 63.3 Å². The van der Waals surface area contributed by atoms with Gasteiger partial charge in [-0.3, -0.25) is 9.80 Å². The van der Waals surface area contributed by atoms with Crippen LogP contribution in [0.5, 0.6) is 0 Å². The van der Waals surface area contributed by atoms with Gasteiger partial charge in [-0.1, -0.05) is 12.1 Å². The molecule has 2 aliphatic rings. The number of thioether (sulfide) groups is 1. The third-order valence-corrected chi connectivity index (χ3v) is 6.76. The van der Waals surface area contributed by atoms with Crippen molar-refractivity contribution in [2.24, 2.45) is 0 Å². The second kappa shape index (κ2) is 8.38. The highest BCUT2D eigenvalue weighted by Gasteiger charge is 2.35. The van der Waals surface area contributed by atoms with Gasteiger partial charge >= 0.3 is 0 Å². The van der Waals surface area contributed by atoms with Crippen LogP contribution in [0.2, 0.25) is 0 Å². The summed E-state index contributed by atoms with van der Waals surface area (Å²) >= 11 is 1.98. The molecule has 0 aliphatic carbocycles. The highest BCUT2D eigenvalue weighted by molar-refractivity contribution is 7.98. The SMILES string of the molecule is CSCC[C@@H]1CN2CCC[C@H]2CN1Cc1cccc(-n2nc(C)cc2C)c1. The van der Waals surface area contributed by atoms with Gasteiger partial charge in [-0.15, -0.1) is 0 Å². The van der Waals surface area contributed by atoms with E-state index in [4.69, 9.17) is 0 Å². The minimum absolute atomic E-state index is 0.684. The van der Waals surface area contributed by atoms with Crippen molar-refractivity contribution >= 4 is 11.8 Å². The zero-order chi connectivity index (χ0) is 18.8. The van der Waals surface area contributed by atoms with Gasteiger partial charge in [0.05, 0.1) is 11.4 Å². The van der Waals surface area contributed by atoms with Crippen LogP contribution in [0.3, 0.4) is 0 Å². The Kier molecular flexibility index (Phi) is 5.90. The highest BCUT2D eigenvalue weighted by Crippen LogP contribution is 2.28. The third kappa shape index (κ3) is 4.25. The molecule has 2 fully saturated rings. The standard InChI is InChI=1S/C22H32N4S/c1-17-12-18(2)26(23-17)20-7-4-6-19(13-20)14-25-16-21-8-5-10-24(21)15-22(25)9-11-27-3/h4,6-7,12-13,21-22H,5,8-11,14-16H2,1-3H3/t21-,22+/m0/s1. The molecule has 4 nitrogen and oxygen atoms in total. The summed E-state index contributed by atoms with van der Waals surface area (Å²) in [5, 5.41) is 4.66. The maximum Gasteiger partial charge on any atom is 0.0651 e. The van der Waals surface area contributed by atoms with Crippen LogP contribution in [0.25, 0.3) is 5.69 Å². The topological polar surface area (TPSA) is 24.3 Å². The number of aryl methyl sites for hydroxylation is 2. The van der Waals surface area contributed by atoms with Gasteiger partial charge in [-0.2, -0.15) is 16.9 Å². The molecule has 0 amide bonds. The first-order valence-corrected chi connectivity index (χ1v) is 11.6. The molecule has 2 atom stereocenters. The van der Waals surface area contributed by atoms with Gasteiger partial charge in [-0.05, 0) is 75.4 Å². The van der Waals surface area contributed by atoms with Crippen LogP contribution in [0.4, 0.5) is 0 Å². The minimum Gasteiger partial charge on any atom is -0.298 e. The van der Waals surface area contributed by atoms with E-state index in [9.17, 15) is 0 Å². The Morgan fingerprint density at radius 1 is 1.19 bits per heavy atom. The molecule has 0 bridgehead atoms. The molecule has 0 radical (unpaired) electrons. The first-order valence-electron chi connectivity index (χ1n) is 10.2. The fraction of sp³-hybridized carbons (Fsp3) is 0.591. The van der Waals surface area contributed by atoms with Gasteiger partial charge in [0.2, 0.25) is 0 Å². The Balaban J connectivity index is 1.52. The van der Waals surface area contributed by atoms with Crippen molar-refractivity contribution in [2.45, 2.75) is 51.7 Å². The Labute approximate surface area is 167 Å². The molecule has 4 rings (SSSR count). The van der Waals surface area contributed by atoms with E-state index in [1.807, 2.05) is 11.8 Å². The lowest BCUT2D eigenvalue weighted by atomic mass is 10.0. The summed E-state index contributed by atoms with van der Waals surface area (Å²) < 4.78 is 2.07. The molecule has 5 heteroatoms. The van der Waals surface area contributed by atoms with E-state index in [1.54, 1.807) is 0 Å². The Hall–Kier alpha value is -1.30. The molecule has 0 unspecified atom stereocenters. The number of hydrogen-bond acceptors (Lipinski definition) is 4. The molecule has 1 aromatic carbocycles. The number of benzene rings is 1. The van der Waals surface area contributed by atoms with Crippen molar-refractivity contribution in [3.63, 3.8) is 0 Å². The first-order chi connectivity index (χ1) is 13.1. The predicted molar refractivity (Wildman–Crippen MR) is 115 cm³/mol. The molecular weight excluding hydrogens is 352 g/mol. The number of fused-ring (bicyclic) bond motifs is 1. The van der Waals surface area contributed by atoms with Gasteiger partial charge in [0.25, 0.3) is 0 Å². The third-order valence-electron chi connectivity index (χ3n) is 6.11. The van der Waals surface area contributed by atoms with Crippen LogP contribution in [-0.2, 0) is 6.54 Å². The Morgan fingerprint density at radius 2 is 2.07 bits per heavy atom. The smallest absolute Gasteiger partial charge is 0.0651 e. The maximum atomic E-state index is 4.66. The summed E-state index contributed by atoms with van der Waals surface area (Å²) in [6.45, 7) is 9.03. The van der Waals surface area contributed by atoms with Crippen LogP contribution < -0.4 is 0 Å². The second-order valence-corrected chi connectivity index (χ2v) is 9.15. The largest absolute Gasteiger partial charge is 0.298 e. The predicted octanol–water partition coefficient (Wildman–Crippen LogP) is 3.89. The van der Waals surface area contributed by atoms with E-state index in [-0.39, 0.29) is 0 Å². The van der Waals surface area contributed by atoms with Gasteiger partial charge in [-0.25, -0.2) is 4.68 Å². The number of piperazine rings is 1. The number of nitrogens with zero attached hydrogens (tertiary/aromatic N) is 4. The maximum absolute atomic E-state index is 4.66. The zero-order valence-corrected chi connectivity index (χ0v) is 17.7. The Morgan fingerprint density at radius 3 is 2.85 bits per heavy atom. The van der Waals surface area contributed by atoms with Crippen molar-refractivity contribution in [1.82, 2.24) is 19.6 Å². The molecule has 2 aliphatic heterocycles. The highest BCUT2D eigenvalue weighted by atomic mass is 32.2. The van der Waals surface area contributed by atoms with Crippen molar-refractivity contribution in [2.75, 3.05) is 31.6 Å². The van der Waals surface area contributed by atoms with E-state index in [0.29, 0.717) is 6.04 Å². The quantitative estimate of drug-likeness (QED) is 0.754. The summed E-state index contributed by atoms with van der Waals surface area (Å²) in [6, 6.07) is 12.6. The second-order valence-electron chi connectivity index (χ2n) is 8.16. The number of hydrogen-bond donors (Lipinski definition) is 0. The molecule has 2 aromatic rings. The lowest BCUT2D eigenvalue weighted by Crippen LogP contribution is -2.55. The van der Waals surface area contributed by atoms with Crippen molar-refractivity contribution < 1.29 is 0 Å². The van der Waals surface area contributed by atoms with E-state index in [1.165, 1.54) is 61.6 Å². The van der Waals surface area contributed by atoms with Crippen LogP contribution in [0, 0.1) is 13.8 Å². The summed E-state index contributed by atoms with van der Waals surface area (Å²) in [5.74, 6) is 1.26. The molecule has 1 aromatic heterocycles. The minimum atomic E-state index is 0.684. The molecular formula is C22H32N4S. The van der Waals surface area contributed by atoms with Gasteiger partial charge in [0.1, 0.15) is 0 Å². The molecule has 0 spiro atoms. The zero-order valence-electron chi connectivity index (χ0n) is 16.9. The molecule has 146 valence electrons. The summed E-state index contributed by atoms with van der Waals surface area (Å²) in [4.78, 5) is 5.50. The van der Waals surface area contributed by atoms with E-state index in [0.717, 1.165) is 18.3 Å². The number of rotatable bonds is 6. The monoisotopic (exact) mass is 384 g/mol. The molecule has 3 heterocycles. The molecule has 0 N–H and O–H groups in total. The van der Waals surface area contributed by atoms with Gasteiger partial charge < -0.3 is 0 Å². The van der Waals surface area contributed by atoms with Crippen LogP contribution in [0.15, 0.2) is 30.3 Å². The average Bonchev–Trinajstić information content (AvgIpc) is 3.25. The molecule has 27 heavy (non-hydrogen) atoms.